The molecule has 0 spiro atoms. The Kier molecular flexibility index (Phi) is 6.16. The van der Waals surface area contributed by atoms with E-state index in [9.17, 15) is 4.79 Å². The van der Waals surface area contributed by atoms with Gasteiger partial charge in [0.25, 0.3) is 0 Å². The summed E-state index contributed by atoms with van der Waals surface area (Å²) in [7, 11) is 0.238. The van der Waals surface area contributed by atoms with Crippen LogP contribution >= 0.6 is 0 Å². The van der Waals surface area contributed by atoms with Crippen molar-refractivity contribution >= 4 is 24.9 Å². The summed E-state index contributed by atoms with van der Waals surface area (Å²) in [5.41, 5.74) is 1.30. The predicted octanol–water partition coefficient (Wildman–Crippen LogP) is 4.93. The molecule has 1 aromatic heterocycles. The van der Waals surface area contributed by atoms with Gasteiger partial charge in [0.2, 0.25) is 0 Å². The molecule has 28 heavy (non-hydrogen) atoms. The highest BCUT2D eigenvalue weighted by Gasteiger charge is 2.16. The molecular formula is C21H26N2O4Si. The summed E-state index contributed by atoms with van der Waals surface area (Å²) < 4.78 is 18.5. The first-order valence-corrected chi connectivity index (χ1v) is 13.0. The molecule has 2 aromatic carbocycles. The predicted molar refractivity (Wildman–Crippen MR) is 112 cm³/mol. The van der Waals surface area contributed by atoms with Crippen molar-refractivity contribution in [3.05, 3.63) is 54.2 Å². The van der Waals surface area contributed by atoms with E-state index < -0.39 is 14.0 Å². The second kappa shape index (κ2) is 8.58. The number of nitrogens with zero attached hydrogens (tertiary/aromatic N) is 2. The second-order valence-electron chi connectivity index (χ2n) is 7.77. The van der Waals surface area contributed by atoms with Crippen molar-refractivity contribution in [3.8, 4) is 11.5 Å². The first kappa shape index (κ1) is 20.1. The Balaban J connectivity index is 1.79. The Morgan fingerprint density at radius 3 is 2.57 bits per heavy atom. The number of rotatable bonds is 8. The fraction of sp³-hybridized carbons (Fsp3) is 0.333. The van der Waals surface area contributed by atoms with Gasteiger partial charge in [-0.05, 0) is 30.3 Å². The summed E-state index contributed by atoms with van der Waals surface area (Å²) in [4.78, 5) is 12.0. The number of benzene rings is 2. The fourth-order valence-corrected chi connectivity index (χ4v) is 3.51. The number of carbonyl (C=O) groups is 1. The van der Waals surface area contributed by atoms with E-state index in [4.69, 9.17) is 14.2 Å². The Morgan fingerprint density at radius 1 is 1.07 bits per heavy atom. The summed E-state index contributed by atoms with van der Waals surface area (Å²) in [6, 6.07) is 13.9. The zero-order valence-electron chi connectivity index (χ0n) is 16.8. The standard InChI is InChI=1S/C21H26N2O4Si/c1-25-21(24)16-8-5-6-10-19(16)27-20-11-7-9-18-17(20)14-22-23(18)15-26-12-13-28(2,3)4/h5-11,14H,12-13,15H2,1-4H3. The highest BCUT2D eigenvalue weighted by atomic mass is 28.3. The number of esters is 1. The van der Waals surface area contributed by atoms with E-state index in [0.717, 1.165) is 23.6 Å². The first-order valence-electron chi connectivity index (χ1n) is 9.26. The number of ether oxygens (including phenoxy) is 3. The smallest absolute Gasteiger partial charge is 0.341 e. The number of carbonyl (C=O) groups excluding carboxylic acids is 1. The van der Waals surface area contributed by atoms with Crippen LogP contribution in [0.5, 0.6) is 11.5 Å². The maximum atomic E-state index is 12.0. The monoisotopic (exact) mass is 398 g/mol. The number of hydrogen-bond donors (Lipinski definition) is 0. The molecule has 0 radical (unpaired) electrons. The van der Waals surface area contributed by atoms with Crippen LogP contribution in [0.15, 0.2) is 48.7 Å². The lowest BCUT2D eigenvalue weighted by molar-refractivity contribution is 0.0598. The zero-order valence-corrected chi connectivity index (χ0v) is 17.8. The molecule has 0 fully saturated rings. The van der Waals surface area contributed by atoms with Crippen LogP contribution in [0.1, 0.15) is 10.4 Å². The van der Waals surface area contributed by atoms with E-state index in [1.165, 1.54) is 7.11 Å². The number of hydrogen-bond acceptors (Lipinski definition) is 5. The van der Waals surface area contributed by atoms with Gasteiger partial charge in [0, 0.05) is 14.7 Å². The molecule has 6 nitrogen and oxygen atoms in total. The van der Waals surface area contributed by atoms with E-state index in [0.29, 0.717) is 23.8 Å². The van der Waals surface area contributed by atoms with E-state index in [1.807, 2.05) is 28.9 Å². The number of methoxy groups -OCH3 is 1. The van der Waals surface area contributed by atoms with Gasteiger partial charge in [-0.2, -0.15) is 5.10 Å². The van der Waals surface area contributed by atoms with Crippen LogP contribution in [0.4, 0.5) is 0 Å². The summed E-state index contributed by atoms with van der Waals surface area (Å²) in [5.74, 6) is 0.637. The zero-order chi connectivity index (χ0) is 20.1. The van der Waals surface area contributed by atoms with Gasteiger partial charge >= 0.3 is 5.97 Å². The molecule has 0 aliphatic rings. The highest BCUT2D eigenvalue weighted by molar-refractivity contribution is 6.76. The minimum Gasteiger partial charge on any atom is -0.465 e. The molecule has 7 heteroatoms. The summed E-state index contributed by atoms with van der Waals surface area (Å²) in [6.07, 6.45) is 1.76. The maximum Gasteiger partial charge on any atom is 0.341 e. The molecule has 0 unspecified atom stereocenters. The topological polar surface area (TPSA) is 62.6 Å². The molecule has 1 heterocycles. The second-order valence-corrected chi connectivity index (χ2v) is 13.4. The molecule has 0 saturated carbocycles. The Bertz CT molecular complexity index is 962. The number of para-hydroxylation sites is 1. The van der Waals surface area contributed by atoms with Gasteiger partial charge in [-0.3, -0.25) is 0 Å². The summed E-state index contributed by atoms with van der Waals surface area (Å²) >= 11 is 0. The molecule has 0 N–H and O–H groups in total. The maximum absolute atomic E-state index is 12.0. The molecule has 3 aromatic rings. The Labute approximate surface area is 166 Å². The van der Waals surface area contributed by atoms with Crippen LogP contribution in [0.25, 0.3) is 10.9 Å². The molecule has 148 valence electrons. The molecule has 0 aliphatic carbocycles. The van der Waals surface area contributed by atoms with E-state index in [1.54, 1.807) is 24.4 Å². The third-order valence-corrected chi connectivity index (χ3v) is 6.07. The van der Waals surface area contributed by atoms with Crippen molar-refractivity contribution < 1.29 is 19.0 Å². The summed E-state index contributed by atoms with van der Waals surface area (Å²) in [6.45, 7) is 8.12. The van der Waals surface area contributed by atoms with Crippen LogP contribution in [-0.4, -0.2) is 37.5 Å². The largest absolute Gasteiger partial charge is 0.465 e. The van der Waals surface area contributed by atoms with Crippen molar-refractivity contribution in [2.45, 2.75) is 32.4 Å². The van der Waals surface area contributed by atoms with E-state index in [-0.39, 0.29) is 0 Å². The van der Waals surface area contributed by atoms with Crippen molar-refractivity contribution in [1.82, 2.24) is 9.78 Å². The van der Waals surface area contributed by atoms with E-state index >= 15 is 0 Å². The van der Waals surface area contributed by atoms with Crippen LogP contribution in [-0.2, 0) is 16.2 Å². The van der Waals surface area contributed by atoms with Gasteiger partial charge in [0.1, 0.15) is 23.8 Å². The van der Waals surface area contributed by atoms with Gasteiger partial charge in [0.05, 0.1) is 24.2 Å². The molecule has 0 atom stereocenters. The average Bonchev–Trinajstić information content (AvgIpc) is 3.08. The highest BCUT2D eigenvalue weighted by Crippen LogP contribution is 2.32. The molecule has 0 aliphatic heterocycles. The van der Waals surface area contributed by atoms with Crippen molar-refractivity contribution in [3.63, 3.8) is 0 Å². The number of fused-ring (bicyclic) bond motifs is 1. The molecular weight excluding hydrogens is 372 g/mol. The molecule has 0 amide bonds. The lowest BCUT2D eigenvalue weighted by atomic mass is 10.2. The van der Waals surface area contributed by atoms with Crippen LogP contribution in [0.3, 0.4) is 0 Å². The minimum atomic E-state index is -1.12. The van der Waals surface area contributed by atoms with E-state index in [2.05, 4.69) is 24.7 Å². The van der Waals surface area contributed by atoms with Gasteiger partial charge in [-0.15, -0.1) is 0 Å². The van der Waals surface area contributed by atoms with Crippen molar-refractivity contribution in [1.29, 1.82) is 0 Å². The Morgan fingerprint density at radius 2 is 1.82 bits per heavy atom. The lowest BCUT2D eigenvalue weighted by Gasteiger charge is -2.15. The molecule has 3 rings (SSSR count). The average molecular weight is 399 g/mol. The Hall–Kier alpha value is -2.64. The van der Waals surface area contributed by atoms with Gasteiger partial charge in [0.15, 0.2) is 0 Å². The minimum absolute atomic E-state index is 0.379. The fourth-order valence-electron chi connectivity index (χ4n) is 2.75. The van der Waals surface area contributed by atoms with Gasteiger partial charge in [-0.1, -0.05) is 37.8 Å². The van der Waals surface area contributed by atoms with Crippen LogP contribution in [0, 0.1) is 0 Å². The third-order valence-electron chi connectivity index (χ3n) is 4.37. The normalized spacial score (nSPS) is 11.6. The van der Waals surface area contributed by atoms with Crippen LogP contribution in [0.2, 0.25) is 25.7 Å². The SMILES string of the molecule is COC(=O)c1ccccc1Oc1cccc2c1cnn2COCC[Si](C)(C)C. The molecule has 0 bridgehead atoms. The molecule has 0 saturated heterocycles. The summed E-state index contributed by atoms with van der Waals surface area (Å²) in [5, 5.41) is 5.29. The quantitative estimate of drug-likeness (QED) is 0.306. The number of aromatic nitrogens is 2. The first-order chi connectivity index (χ1) is 13.4. The van der Waals surface area contributed by atoms with Crippen molar-refractivity contribution in [2.24, 2.45) is 0 Å². The van der Waals surface area contributed by atoms with Crippen LogP contribution < -0.4 is 4.74 Å². The van der Waals surface area contributed by atoms with Gasteiger partial charge < -0.3 is 14.2 Å². The lowest BCUT2D eigenvalue weighted by Crippen LogP contribution is -2.22. The van der Waals surface area contributed by atoms with Crippen molar-refractivity contribution in [2.75, 3.05) is 13.7 Å². The third kappa shape index (κ3) is 4.79. The van der Waals surface area contributed by atoms with Gasteiger partial charge in [-0.25, -0.2) is 9.48 Å².